The van der Waals surface area contributed by atoms with Gasteiger partial charge in [-0.2, -0.15) is 0 Å². The van der Waals surface area contributed by atoms with Crippen molar-refractivity contribution in [1.29, 1.82) is 0 Å². The number of rotatable bonds is 7. The van der Waals surface area contributed by atoms with Gasteiger partial charge in [0.05, 0.1) is 0 Å². The molecule has 0 atom stereocenters. The summed E-state index contributed by atoms with van der Waals surface area (Å²) in [5.74, 6) is 0. The van der Waals surface area contributed by atoms with E-state index < -0.39 is 0 Å². The van der Waals surface area contributed by atoms with Crippen LogP contribution in [0.4, 0.5) is 0 Å². The molecule has 0 saturated carbocycles. The van der Waals surface area contributed by atoms with Gasteiger partial charge >= 0.3 is 0 Å². The van der Waals surface area contributed by atoms with Crippen LogP contribution in [0.5, 0.6) is 0 Å². The van der Waals surface area contributed by atoms with E-state index in [-0.39, 0.29) is 16.5 Å². The maximum atomic E-state index is 3.82. The van der Waals surface area contributed by atoms with Gasteiger partial charge < -0.3 is 0 Å². The normalized spacial score (nSPS) is 9.27. The molecule has 0 aliphatic rings. The minimum absolute atomic E-state index is 0. The average molecular weight is 200 g/mol. The Morgan fingerprint density at radius 1 is 0.818 bits per heavy atom. The Morgan fingerprint density at radius 3 is 1.73 bits per heavy atom. The van der Waals surface area contributed by atoms with Crippen molar-refractivity contribution in [3.05, 3.63) is 6.92 Å². The van der Waals surface area contributed by atoms with Crippen molar-refractivity contribution < 1.29 is 16.5 Å². The molecule has 0 saturated heterocycles. The number of hydrogen-bond acceptors (Lipinski definition) is 0. The van der Waals surface area contributed by atoms with Crippen molar-refractivity contribution in [2.45, 2.75) is 58.3 Å². The maximum absolute atomic E-state index is 3.82. The van der Waals surface area contributed by atoms with E-state index in [1.165, 1.54) is 44.9 Å². The summed E-state index contributed by atoms with van der Waals surface area (Å²) in [4.78, 5) is 0. The van der Waals surface area contributed by atoms with Crippen LogP contribution in [0.15, 0.2) is 0 Å². The van der Waals surface area contributed by atoms with E-state index in [2.05, 4.69) is 13.8 Å². The topological polar surface area (TPSA) is 0 Å². The zero-order valence-corrected chi connectivity index (χ0v) is 8.67. The van der Waals surface area contributed by atoms with Gasteiger partial charge in [0.25, 0.3) is 0 Å². The average Bonchev–Trinajstić information content (AvgIpc) is 1.97. The Morgan fingerprint density at radius 2 is 1.27 bits per heavy atom. The van der Waals surface area contributed by atoms with Crippen molar-refractivity contribution in [2.24, 2.45) is 0 Å². The summed E-state index contributed by atoms with van der Waals surface area (Å²) in [6.45, 7) is 6.08. The van der Waals surface area contributed by atoms with Crippen molar-refractivity contribution in [3.8, 4) is 0 Å². The second kappa shape index (κ2) is 13.1. The van der Waals surface area contributed by atoms with Crippen LogP contribution in [0.3, 0.4) is 0 Å². The van der Waals surface area contributed by atoms with E-state index >= 15 is 0 Å². The molecule has 0 aliphatic carbocycles. The Hall–Kier alpha value is 0.494. The molecule has 0 aromatic heterocycles. The molecule has 1 radical (unpaired) electrons. The summed E-state index contributed by atoms with van der Waals surface area (Å²) < 4.78 is 0. The second-order valence-electron chi connectivity index (χ2n) is 2.97. The van der Waals surface area contributed by atoms with Gasteiger partial charge in [0.2, 0.25) is 0 Å². The first-order valence-corrected chi connectivity index (χ1v) is 4.71. The van der Waals surface area contributed by atoms with Gasteiger partial charge in [-0.1, -0.05) is 65.2 Å². The monoisotopic (exact) mass is 199 g/mol. The Bertz CT molecular complexity index is 44.8. The van der Waals surface area contributed by atoms with Crippen molar-refractivity contribution >= 4 is 0 Å². The van der Waals surface area contributed by atoms with Crippen molar-refractivity contribution in [3.63, 3.8) is 0 Å². The molecule has 0 nitrogen and oxygen atoms in total. The van der Waals surface area contributed by atoms with Gasteiger partial charge in [-0.15, -0.1) is 0 Å². The van der Waals surface area contributed by atoms with Gasteiger partial charge in [0, 0.05) is 16.5 Å². The van der Waals surface area contributed by atoms with Crippen LogP contribution in [0, 0.1) is 6.92 Å². The van der Waals surface area contributed by atoms with Crippen LogP contribution in [0.25, 0.3) is 0 Å². The molecule has 11 heavy (non-hydrogen) atoms. The molecule has 0 aromatic rings. The van der Waals surface area contributed by atoms with Crippen molar-refractivity contribution in [1.82, 2.24) is 0 Å². The molecule has 0 unspecified atom stereocenters. The van der Waals surface area contributed by atoms with Gasteiger partial charge in [0.15, 0.2) is 0 Å². The molecular weight excluding hydrogens is 179 g/mol. The predicted molar refractivity (Wildman–Crippen MR) is 48.0 cm³/mol. The van der Waals surface area contributed by atoms with E-state index in [9.17, 15) is 0 Å². The molecule has 0 bridgehead atoms. The van der Waals surface area contributed by atoms with E-state index in [0.717, 1.165) is 6.42 Å². The summed E-state index contributed by atoms with van der Waals surface area (Å²) >= 11 is 0. The summed E-state index contributed by atoms with van der Waals surface area (Å²) in [7, 11) is 0. The van der Waals surface area contributed by atoms with E-state index in [0.29, 0.717) is 0 Å². The third-order valence-corrected chi connectivity index (χ3v) is 1.85. The smallest absolute Gasteiger partial charge is 0 e. The van der Waals surface area contributed by atoms with E-state index in [4.69, 9.17) is 0 Å². The third kappa shape index (κ3) is 13.5. The fourth-order valence-electron chi connectivity index (χ4n) is 1.13. The third-order valence-electron chi connectivity index (χ3n) is 1.85. The molecule has 0 spiro atoms. The molecule has 0 amide bonds. The summed E-state index contributed by atoms with van der Waals surface area (Å²) in [5.41, 5.74) is 0. The first kappa shape index (κ1) is 14.0. The molecular formula is C10H21Ni. The van der Waals surface area contributed by atoms with Crippen LogP contribution < -0.4 is 0 Å². The van der Waals surface area contributed by atoms with Crippen molar-refractivity contribution in [2.75, 3.05) is 0 Å². The Balaban J connectivity index is 0. The van der Waals surface area contributed by atoms with Crippen LogP contribution >= 0.6 is 0 Å². The first-order chi connectivity index (χ1) is 4.91. The molecule has 71 valence electrons. The first-order valence-electron chi connectivity index (χ1n) is 4.71. The number of hydrogen-bond donors (Lipinski definition) is 0. The van der Waals surface area contributed by atoms with Gasteiger partial charge in [-0.05, 0) is 0 Å². The minimum Gasteiger partial charge on any atom is -0.0654 e. The van der Waals surface area contributed by atoms with Crippen LogP contribution in [0.1, 0.15) is 58.3 Å². The fraction of sp³-hybridized carbons (Fsp3) is 0.900. The molecule has 0 aromatic carbocycles. The number of unbranched alkanes of at least 4 members (excludes halogenated alkanes) is 7. The SMILES string of the molecule is [CH2]CCCCCCCCC.[Ni]. The summed E-state index contributed by atoms with van der Waals surface area (Å²) in [6.07, 6.45) is 10.9. The van der Waals surface area contributed by atoms with E-state index in [1.54, 1.807) is 0 Å². The van der Waals surface area contributed by atoms with E-state index in [1.807, 2.05) is 0 Å². The molecule has 1 heteroatoms. The zero-order valence-electron chi connectivity index (χ0n) is 7.68. The van der Waals surface area contributed by atoms with Gasteiger partial charge in [-0.25, -0.2) is 0 Å². The minimum atomic E-state index is 0. The largest absolute Gasteiger partial charge is 0.0654 e. The van der Waals surface area contributed by atoms with Crippen LogP contribution in [-0.4, -0.2) is 0 Å². The molecule has 0 rings (SSSR count). The standard InChI is InChI=1S/C10H21.Ni/c1-3-5-7-9-10-8-6-4-2;/h1,3-10H2,2H3;. The summed E-state index contributed by atoms with van der Waals surface area (Å²) in [5, 5.41) is 0. The second-order valence-corrected chi connectivity index (χ2v) is 2.97. The zero-order chi connectivity index (χ0) is 7.66. The summed E-state index contributed by atoms with van der Waals surface area (Å²) in [6, 6.07) is 0. The molecule has 0 N–H and O–H groups in total. The maximum Gasteiger partial charge on any atom is 0 e. The Kier molecular flexibility index (Phi) is 16.7. The molecule has 0 heterocycles. The van der Waals surface area contributed by atoms with Gasteiger partial charge in [0.1, 0.15) is 0 Å². The molecule has 0 aliphatic heterocycles. The fourth-order valence-corrected chi connectivity index (χ4v) is 1.13. The van der Waals surface area contributed by atoms with Crippen LogP contribution in [0.2, 0.25) is 0 Å². The Labute approximate surface area is 82.1 Å². The predicted octanol–water partition coefficient (Wildman–Crippen LogP) is 3.96. The van der Waals surface area contributed by atoms with Crippen LogP contribution in [-0.2, 0) is 16.5 Å². The molecule has 0 fully saturated rings. The quantitative estimate of drug-likeness (QED) is 0.431. The van der Waals surface area contributed by atoms with Gasteiger partial charge in [-0.3, -0.25) is 0 Å².